The van der Waals surface area contributed by atoms with Crippen molar-refractivity contribution < 1.29 is 4.79 Å². The minimum Gasteiger partial charge on any atom is -0.353 e. The minimum absolute atomic E-state index is 0.197. The van der Waals surface area contributed by atoms with E-state index in [0.717, 1.165) is 24.5 Å². The summed E-state index contributed by atoms with van der Waals surface area (Å²) in [6.07, 6.45) is 8.61. The molecule has 0 aliphatic heterocycles. The zero-order valence-corrected chi connectivity index (χ0v) is 13.5. The van der Waals surface area contributed by atoms with E-state index in [1.54, 1.807) is 0 Å². The molecule has 0 radical (unpaired) electrons. The Labute approximate surface area is 122 Å². The van der Waals surface area contributed by atoms with Gasteiger partial charge in [0.15, 0.2) is 0 Å². The van der Waals surface area contributed by atoms with Gasteiger partial charge >= 0.3 is 0 Å². The van der Waals surface area contributed by atoms with Crippen LogP contribution in [0.5, 0.6) is 0 Å². The maximum Gasteiger partial charge on any atom is 0.220 e. The van der Waals surface area contributed by atoms with E-state index in [-0.39, 0.29) is 5.91 Å². The summed E-state index contributed by atoms with van der Waals surface area (Å²) in [6, 6.07) is 0.385. The predicted octanol–water partition coefficient (Wildman–Crippen LogP) is 2.79. The molecule has 4 heteroatoms. The van der Waals surface area contributed by atoms with Gasteiger partial charge in [0.1, 0.15) is 0 Å². The van der Waals surface area contributed by atoms with E-state index in [2.05, 4.69) is 25.4 Å². The second kappa shape index (κ2) is 8.85. The summed E-state index contributed by atoms with van der Waals surface area (Å²) in [4.78, 5) is 12.1. The summed E-state index contributed by atoms with van der Waals surface area (Å²) < 4.78 is 0. The molecule has 2 unspecified atom stereocenters. The molecule has 1 amide bonds. The first-order valence-electron chi connectivity index (χ1n) is 7.57. The molecule has 0 aromatic rings. The third-order valence-electron chi connectivity index (χ3n) is 3.94. The van der Waals surface area contributed by atoms with Crippen LogP contribution < -0.4 is 11.1 Å². The van der Waals surface area contributed by atoms with E-state index in [0.29, 0.717) is 30.8 Å². The lowest BCUT2D eigenvalue weighted by molar-refractivity contribution is -0.122. The van der Waals surface area contributed by atoms with Crippen LogP contribution in [0.3, 0.4) is 0 Å². The normalized spacial score (nSPS) is 25.3. The van der Waals surface area contributed by atoms with Gasteiger partial charge in [-0.3, -0.25) is 4.79 Å². The molecular weight excluding hydrogens is 256 g/mol. The number of amides is 1. The first kappa shape index (κ1) is 16.8. The molecule has 1 fully saturated rings. The summed E-state index contributed by atoms with van der Waals surface area (Å²) in [6.45, 7) is 4.99. The molecule has 112 valence electrons. The number of carbonyl (C=O) groups excluding carboxylic acids is 1. The molecule has 3 nitrogen and oxygen atoms in total. The topological polar surface area (TPSA) is 55.1 Å². The maximum absolute atomic E-state index is 12.1. The van der Waals surface area contributed by atoms with Gasteiger partial charge in [-0.05, 0) is 50.3 Å². The van der Waals surface area contributed by atoms with Crippen molar-refractivity contribution in [2.75, 3.05) is 12.8 Å². The SMILES string of the molecule is CSC1CCCC(NC(=O)C[C@@H](CN)CC(C)C)C1. The van der Waals surface area contributed by atoms with Crippen molar-refractivity contribution in [1.82, 2.24) is 5.32 Å². The monoisotopic (exact) mass is 286 g/mol. The molecule has 19 heavy (non-hydrogen) atoms. The Hall–Kier alpha value is -0.220. The molecule has 0 aromatic heterocycles. The number of hydrogen-bond acceptors (Lipinski definition) is 3. The third-order valence-corrected chi connectivity index (χ3v) is 5.03. The van der Waals surface area contributed by atoms with Crippen molar-refractivity contribution in [3.8, 4) is 0 Å². The van der Waals surface area contributed by atoms with Crippen LogP contribution in [0, 0.1) is 11.8 Å². The third kappa shape index (κ3) is 6.66. The van der Waals surface area contributed by atoms with E-state index in [1.165, 1.54) is 12.8 Å². The summed E-state index contributed by atoms with van der Waals surface area (Å²) in [5, 5.41) is 3.94. The zero-order chi connectivity index (χ0) is 14.3. The summed E-state index contributed by atoms with van der Waals surface area (Å²) in [5.74, 6) is 1.14. The summed E-state index contributed by atoms with van der Waals surface area (Å²) >= 11 is 1.93. The highest BCUT2D eigenvalue weighted by Gasteiger charge is 2.23. The van der Waals surface area contributed by atoms with E-state index in [4.69, 9.17) is 5.73 Å². The molecule has 0 bridgehead atoms. The fourth-order valence-electron chi connectivity index (χ4n) is 2.97. The van der Waals surface area contributed by atoms with Crippen LogP contribution in [-0.2, 0) is 4.79 Å². The van der Waals surface area contributed by atoms with Crippen LogP contribution in [-0.4, -0.2) is 30.0 Å². The van der Waals surface area contributed by atoms with E-state index >= 15 is 0 Å². The zero-order valence-electron chi connectivity index (χ0n) is 12.7. The highest BCUT2D eigenvalue weighted by atomic mass is 32.2. The Balaban J connectivity index is 2.33. The van der Waals surface area contributed by atoms with Crippen LogP contribution in [0.4, 0.5) is 0 Å². The predicted molar refractivity (Wildman–Crippen MR) is 84.3 cm³/mol. The Bertz CT molecular complexity index is 271. The molecule has 0 saturated heterocycles. The number of hydrogen-bond donors (Lipinski definition) is 2. The highest BCUT2D eigenvalue weighted by molar-refractivity contribution is 7.99. The molecule has 0 aromatic carbocycles. The molecule has 1 aliphatic carbocycles. The quantitative estimate of drug-likeness (QED) is 0.756. The van der Waals surface area contributed by atoms with Crippen LogP contribution >= 0.6 is 11.8 Å². The molecule has 1 saturated carbocycles. The van der Waals surface area contributed by atoms with Gasteiger partial charge in [0.2, 0.25) is 5.91 Å². The van der Waals surface area contributed by atoms with Gasteiger partial charge in [-0.25, -0.2) is 0 Å². The lowest BCUT2D eigenvalue weighted by atomic mass is 9.92. The van der Waals surface area contributed by atoms with Crippen molar-refractivity contribution in [3.05, 3.63) is 0 Å². The minimum atomic E-state index is 0.197. The van der Waals surface area contributed by atoms with Crippen molar-refractivity contribution in [2.24, 2.45) is 17.6 Å². The van der Waals surface area contributed by atoms with Crippen molar-refractivity contribution in [3.63, 3.8) is 0 Å². The first-order valence-corrected chi connectivity index (χ1v) is 8.86. The maximum atomic E-state index is 12.1. The molecule has 0 heterocycles. The molecule has 1 aliphatic rings. The molecule has 3 N–H and O–H groups in total. The van der Waals surface area contributed by atoms with Gasteiger partial charge in [0.25, 0.3) is 0 Å². The number of nitrogens with two attached hydrogens (primary N) is 1. The summed E-state index contributed by atoms with van der Waals surface area (Å²) in [7, 11) is 0. The average molecular weight is 286 g/mol. The van der Waals surface area contributed by atoms with Crippen molar-refractivity contribution >= 4 is 17.7 Å². The van der Waals surface area contributed by atoms with E-state index in [1.807, 2.05) is 11.8 Å². The Kier molecular flexibility index (Phi) is 7.84. The first-order chi connectivity index (χ1) is 9.05. The number of thioether (sulfide) groups is 1. The summed E-state index contributed by atoms with van der Waals surface area (Å²) in [5.41, 5.74) is 5.76. The highest BCUT2D eigenvalue weighted by Crippen LogP contribution is 2.27. The number of carbonyl (C=O) groups is 1. The van der Waals surface area contributed by atoms with Crippen LogP contribution in [0.2, 0.25) is 0 Å². The molecular formula is C15H30N2OS. The van der Waals surface area contributed by atoms with Gasteiger partial charge in [0, 0.05) is 17.7 Å². The largest absolute Gasteiger partial charge is 0.353 e. The second-order valence-corrected chi connectivity index (χ2v) is 7.36. The van der Waals surface area contributed by atoms with Crippen molar-refractivity contribution in [1.29, 1.82) is 0 Å². The number of rotatable bonds is 7. The average Bonchev–Trinajstić information content (AvgIpc) is 2.37. The van der Waals surface area contributed by atoms with E-state index < -0.39 is 0 Å². The van der Waals surface area contributed by atoms with Gasteiger partial charge in [0.05, 0.1) is 0 Å². The van der Waals surface area contributed by atoms with Gasteiger partial charge < -0.3 is 11.1 Å². The van der Waals surface area contributed by atoms with E-state index in [9.17, 15) is 4.79 Å². The van der Waals surface area contributed by atoms with Crippen LogP contribution in [0.1, 0.15) is 52.4 Å². The second-order valence-electron chi connectivity index (χ2n) is 6.22. The number of nitrogens with one attached hydrogen (secondary N) is 1. The lowest BCUT2D eigenvalue weighted by Crippen LogP contribution is -2.40. The van der Waals surface area contributed by atoms with Crippen LogP contribution in [0.25, 0.3) is 0 Å². The van der Waals surface area contributed by atoms with Gasteiger partial charge in [-0.15, -0.1) is 0 Å². The van der Waals surface area contributed by atoms with Crippen LogP contribution in [0.15, 0.2) is 0 Å². The standard InChI is InChI=1S/C15H30N2OS/c1-11(2)7-12(10-16)8-15(18)17-13-5-4-6-14(9-13)19-3/h11-14H,4-10,16H2,1-3H3,(H,17,18)/t12-,13?,14?/m0/s1. The molecule has 0 spiro atoms. The fraction of sp³-hybridized carbons (Fsp3) is 0.933. The van der Waals surface area contributed by atoms with Gasteiger partial charge in [-0.2, -0.15) is 11.8 Å². The van der Waals surface area contributed by atoms with Crippen molar-refractivity contribution in [2.45, 2.75) is 63.7 Å². The Morgan fingerprint density at radius 2 is 2.16 bits per heavy atom. The fourth-order valence-corrected chi connectivity index (χ4v) is 3.80. The Morgan fingerprint density at radius 3 is 2.74 bits per heavy atom. The smallest absolute Gasteiger partial charge is 0.220 e. The Morgan fingerprint density at radius 1 is 1.42 bits per heavy atom. The van der Waals surface area contributed by atoms with Gasteiger partial charge in [-0.1, -0.05) is 20.3 Å². The molecule has 1 rings (SSSR count). The molecule has 3 atom stereocenters. The lowest BCUT2D eigenvalue weighted by Gasteiger charge is -2.29.